The highest BCUT2D eigenvalue weighted by molar-refractivity contribution is 4.66. The van der Waals surface area contributed by atoms with Crippen molar-refractivity contribution in [3.8, 4) is 0 Å². The van der Waals surface area contributed by atoms with Crippen LogP contribution in [0.2, 0.25) is 0 Å². The SMILES string of the molecule is NCCCCCCCC1CCCC1. The van der Waals surface area contributed by atoms with Crippen molar-refractivity contribution in [1.29, 1.82) is 0 Å². The van der Waals surface area contributed by atoms with Gasteiger partial charge in [-0.2, -0.15) is 0 Å². The van der Waals surface area contributed by atoms with Gasteiger partial charge in [0.1, 0.15) is 0 Å². The molecule has 13 heavy (non-hydrogen) atoms. The monoisotopic (exact) mass is 183 g/mol. The Morgan fingerprint density at radius 2 is 1.46 bits per heavy atom. The largest absolute Gasteiger partial charge is 0.330 e. The van der Waals surface area contributed by atoms with Gasteiger partial charge in [0.05, 0.1) is 0 Å². The van der Waals surface area contributed by atoms with Gasteiger partial charge in [0, 0.05) is 0 Å². The fourth-order valence-electron chi connectivity index (χ4n) is 2.41. The predicted molar refractivity (Wildman–Crippen MR) is 58.7 cm³/mol. The van der Waals surface area contributed by atoms with E-state index in [0.717, 1.165) is 12.5 Å². The topological polar surface area (TPSA) is 26.0 Å². The van der Waals surface area contributed by atoms with Gasteiger partial charge in [0.2, 0.25) is 0 Å². The first-order valence-electron chi connectivity index (χ1n) is 6.13. The molecule has 1 heteroatoms. The van der Waals surface area contributed by atoms with Gasteiger partial charge >= 0.3 is 0 Å². The van der Waals surface area contributed by atoms with Crippen LogP contribution in [0.3, 0.4) is 0 Å². The molecule has 0 unspecified atom stereocenters. The van der Waals surface area contributed by atoms with Gasteiger partial charge in [-0.1, -0.05) is 57.8 Å². The maximum Gasteiger partial charge on any atom is -0.00773 e. The fourth-order valence-corrected chi connectivity index (χ4v) is 2.41. The van der Waals surface area contributed by atoms with E-state index >= 15 is 0 Å². The maximum absolute atomic E-state index is 5.44. The van der Waals surface area contributed by atoms with Crippen LogP contribution in [0.15, 0.2) is 0 Å². The summed E-state index contributed by atoms with van der Waals surface area (Å²) >= 11 is 0. The molecule has 0 spiro atoms. The quantitative estimate of drug-likeness (QED) is 0.601. The lowest BCUT2D eigenvalue weighted by molar-refractivity contribution is 0.463. The van der Waals surface area contributed by atoms with Crippen LogP contribution in [0.4, 0.5) is 0 Å². The molecule has 0 amide bonds. The van der Waals surface area contributed by atoms with Gasteiger partial charge in [-0.15, -0.1) is 0 Å². The molecule has 1 rings (SSSR count). The third-order valence-corrected chi connectivity index (χ3v) is 3.29. The molecule has 0 bridgehead atoms. The zero-order valence-electron chi connectivity index (χ0n) is 8.93. The van der Waals surface area contributed by atoms with E-state index in [1.807, 2.05) is 0 Å². The first-order valence-corrected chi connectivity index (χ1v) is 6.13. The molecule has 0 aromatic rings. The zero-order valence-corrected chi connectivity index (χ0v) is 8.93. The molecule has 1 nitrogen and oxygen atoms in total. The van der Waals surface area contributed by atoms with E-state index in [4.69, 9.17) is 5.73 Å². The summed E-state index contributed by atoms with van der Waals surface area (Å²) in [7, 11) is 0. The van der Waals surface area contributed by atoms with E-state index in [0.29, 0.717) is 0 Å². The molecule has 0 radical (unpaired) electrons. The number of hydrogen-bond acceptors (Lipinski definition) is 1. The third-order valence-electron chi connectivity index (χ3n) is 3.29. The minimum Gasteiger partial charge on any atom is -0.330 e. The van der Waals surface area contributed by atoms with Crippen LogP contribution in [-0.2, 0) is 0 Å². The second-order valence-corrected chi connectivity index (χ2v) is 4.50. The van der Waals surface area contributed by atoms with Crippen LogP contribution in [0.1, 0.15) is 64.2 Å². The maximum atomic E-state index is 5.44. The molecule has 1 fully saturated rings. The first kappa shape index (κ1) is 11.0. The fraction of sp³-hybridized carbons (Fsp3) is 1.00. The highest BCUT2D eigenvalue weighted by Crippen LogP contribution is 2.29. The molecule has 0 heterocycles. The molecule has 0 aromatic carbocycles. The highest BCUT2D eigenvalue weighted by Gasteiger charge is 2.13. The Bertz CT molecular complexity index is 106. The number of unbranched alkanes of at least 4 members (excludes halogenated alkanes) is 4. The lowest BCUT2D eigenvalue weighted by Crippen LogP contribution is -1.98. The van der Waals surface area contributed by atoms with Gasteiger partial charge in [-0.05, 0) is 18.9 Å². The summed E-state index contributed by atoms with van der Waals surface area (Å²) < 4.78 is 0. The van der Waals surface area contributed by atoms with Gasteiger partial charge in [-0.25, -0.2) is 0 Å². The van der Waals surface area contributed by atoms with Crippen molar-refractivity contribution < 1.29 is 0 Å². The lowest BCUT2D eigenvalue weighted by Gasteiger charge is -2.07. The Morgan fingerprint density at radius 1 is 0.846 bits per heavy atom. The molecule has 2 N–H and O–H groups in total. The minimum absolute atomic E-state index is 0.878. The first-order chi connectivity index (χ1) is 6.43. The van der Waals surface area contributed by atoms with Gasteiger partial charge in [-0.3, -0.25) is 0 Å². The summed E-state index contributed by atoms with van der Waals surface area (Å²) in [6.07, 6.45) is 14.4. The highest BCUT2D eigenvalue weighted by atomic mass is 14.5. The van der Waals surface area contributed by atoms with Crippen molar-refractivity contribution in [3.05, 3.63) is 0 Å². The Balaban J connectivity index is 1.78. The molecule has 1 aliphatic rings. The molecule has 0 saturated heterocycles. The summed E-state index contributed by atoms with van der Waals surface area (Å²) in [4.78, 5) is 0. The van der Waals surface area contributed by atoms with E-state index in [1.165, 1.54) is 64.2 Å². The molecular weight excluding hydrogens is 158 g/mol. The standard InChI is InChI=1S/C12H25N/c13-11-7-3-1-2-4-8-12-9-5-6-10-12/h12H,1-11,13H2. The number of nitrogens with two attached hydrogens (primary N) is 1. The van der Waals surface area contributed by atoms with Gasteiger partial charge in [0.15, 0.2) is 0 Å². The smallest absolute Gasteiger partial charge is 0.00773 e. The van der Waals surface area contributed by atoms with Crippen molar-refractivity contribution in [2.75, 3.05) is 6.54 Å². The van der Waals surface area contributed by atoms with Crippen molar-refractivity contribution in [1.82, 2.24) is 0 Å². The average Bonchev–Trinajstić information content (AvgIpc) is 2.63. The van der Waals surface area contributed by atoms with Crippen LogP contribution in [0, 0.1) is 5.92 Å². The molecule has 0 atom stereocenters. The normalized spacial score (nSPS) is 18.2. The molecule has 1 saturated carbocycles. The second-order valence-electron chi connectivity index (χ2n) is 4.50. The summed E-state index contributed by atoms with van der Waals surface area (Å²) in [6, 6.07) is 0. The molecule has 0 aliphatic heterocycles. The Kier molecular flexibility index (Phi) is 6.26. The second kappa shape index (κ2) is 7.37. The third kappa shape index (κ3) is 5.30. The Morgan fingerprint density at radius 3 is 2.15 bits per heavy atom. The van der Waals surface area contributed by atoms with Gasteiger partial charge in [0.25, 0.3) is 0 Å². The molecular formula is C12H25N. The van der Waals surface area contributed by atoms with Crippen molar-refractivity contribution >= 4 is 0 Å². The summed E-state index contributed by atoms with van der Waals surface area (Å²) in [5, 5.41) is 0. The predicted octanol–water partition coefficient (Wildman–Crippen LogP) is 3.48. The van der Waals surface area contributed by atoms with Crippen molar-refractivity contribution in [2.24, 2.45) is 11.7 Å². The van der Waals surface area contributed by atoms with Crippen LogP contribution in [0.5, 0.6) is 0 Å². The van der Waals surface area contributed by atoms with Crippen molar-refractivity contribution in [2.45, 2.75) is 64.2 Å². The van der Waals surface area contributed by atoms with E-state index in [-0.39, 0.29) is 0 Å². The average molecular weight is 183 g/mol. The molecule has 0 aromatic heterocycles. The molecule has 1 aliphatic carbocycles. The zero-order chi connectivity index (χ0) is 9.36. The van der Waals surface area contributed by atoms with E-state index in [9.17, 15) is 0 Å². The lowest BCUT2D eigenvalue weighted by atomic mass is 9.99. The van der Waals surface area contributed by atoms with E-state index < -0.39 is 0 Å². The van der Waals surface area contributed by atoms with E-state index in [1.54, 1.807) is 0 Å². The van der Waals surface area contributed by atoms with Crippen LogP contribution < -0.4 is 5.73 Å². The summed E-state index contributed by atoms with van der Waals surface area (Å²) in [5.41, 5.74) is 5.44. The Labute approximate surface area is 83.1 Å². The minimum atomic E-state index is 0.878. The number of hydrogen-bond donors (Lipinski definition) is 1. The van der Waals surface area contributed by atoms with Gasteiger partial charge < -0.3 is 5.73 Å². The molecule has 78 valence electrons. The van der Waals surface area contributed by atoms with Crippen molar-refractivity contribution in [3.63, 3.8) is 0 Å². The summed E-state index contributed by atoms with van der Waals surface area (Å²) in [6.45, 7) is 0.878. The summed E-state index contributed by atoms with van der Waals surface area (Å²) in [5.74, 6) is 1.09. The van der Waals surface area contributed by atoms with Crippen LogP contribution in [-0.4, -0.2) is 6.54 Å². The van der Waals surface area contributed by atoms with Crippen LogP contribution in [0.25, 0.3) is 0 Å². The van der Waals surface area contributed by atoms with E-state index in [2.05, 4.69) is 0 Å². The Hall–Kier alpha value is -0.0400. The number of rotatable bonds is 7. The van der Waals surface area contributed by atoms with Crippen LogP contribution >= 0.6 is 0 Å².